The molecule has 0 aliphatic rings. The number of carbonyl (C=O) groups excluding carboxylic acids is 1. The number of esters is 1. The number of rotatable bonds is 2. The zero-order valence-corrected chi connectivity index (χ0v) is 10.1. The van der Waals surface area contributed by atoms with Crippen molar-refractivity contribution in [2.75, 3.05) is 6.61 Å². The molecule has 0 rings (SSSR count). The van der Waals surface area contributed by atoms with Crippen molar-refractivity contribution in [1.29, 1.82) is 0 Å². The number of ether oxygens (including phenoxy) is 1. The summed E-state index contributed by atoms with van der Waals surface area (Å²) < 4.78 is 4.49. The van der Waals surface area contributed by atoms with Gasteiger partial charge >= 0.3 is 42.7 Å². The average molecular weight is 291 g/mol. The third kappa shape index (κ3) is 15.9. The number of hydrogen-bond acceptors (Lipinski definition) is 2. The van der Waals surface area contributed by atoms with Crippen LogP contribution in [-0.4, -0.2) is 31.5 Å². The Morgan fingerprint density at radius 1 is 1.70 bits per heavy atom. The maximum atomic E-state index is 10.1. The van der Waals surface area contributed by atoms with Gasteiger partial charge in [-0.15, -0.1) is 0 Å². The summed E-state index contributed by atoms with van der Waals surface area (Å²) >= 11 is -0.826. The second-order valence-electron chi connectivity index (χ2n) is 1.13. The predicted octanol–water partition coefficient (Wildman–Crippen LogP) is 1.77. The Hall–Kier alpha value is 0.849. The Bertz CT molecular complexity index is 80.0. The van der Waals surface area contributed by atoms with E-state index in [0.717, 1.165) is 0 Å². The quantitative estimate of drug-likeness (QED) is 0.572. The van der Waals surface area contributed by atoms with E-state index in [2.05, 4.69) is 11.7 Å². The molecule has 0 atom stereocenters. The minimum absolute atomic E-state index is 0.230. The molecule has 0 fully saturated rings. The molecule has 0 aromatic rings. The van der Waals surface area contributed by atoms with Crippen LogP contribution in [0, 0.1) is 6.92 Å². The first-order chi connectivity index (χ1) is 4.72. The molecule has 0 N–H and O–H groups in total. The Labute approximate surface area is 78.9 Å². The van der Waals surface area contributed by atoms with Crippen molar-refractivity contribution in [3.05, 3.63) is 6.92 Å². The Morgan fingerprint density at radius 2 is 2.10 bits per heavy atom. The van der Waals surface area contributed by atoms with Gasteiger partial charge in [0.05, 0.1) is 6.61 Å². The van der Waals surface area contributed by atoms with Gasteiger partial charge in [-0.05, 0) is 13.8 Å². The van der Waals surface area contributed by atoms with Gasteiger partial charge in [0, 0.05) is 6.42 Å². The molecule has 0 amide bonds. The molecule has 0 bridgehead atoms. The SMILES string of the molecule is [CH2]CC(=O)OCC.[Cl][Sn][Cl]. The van der Waals surface area contributed by atoms with Gasteiger partial charge in [0.25, 0.3) is 0 Å². The first-order valence-corrected chi connectivity index (χ1v) is 9.86. The van der Waals surface area contributed by atoms with Crippen molar-refractivity contribution in [2.45, 2.75) is 13.3 Å². The Kier molecular flexibility index (Phi) is 16.8. The van der Waals surface area contributed by atoms with E-state index in [1.165, 1.54) is 0 Å². The van der Waals surface area contributed by atoms with Crippen molar-refractivity contribution in [3.8, 4) is 0 Å². The van der Waals surface area contributed by atoms with Crippen molar-refractivity contribution >= 4 is 42.7 Å². The number of halogens is 2. The molecule has 0 saturated carbocycles. The van der Waals surface area contributed by atoms with Crippen LogP contribution >= 0.6 is 17.8 Å². The molecular formula is C5H9Cl2O2Sn. The van der Waals surface area contributed by atoms with E-state index in [1.54, 1.807) is 6.92 Å². The fourth-order valence-electron chi connectivity index (χ4n) is 0.233. The second kappa shape index (κ2) is 12.5. The van der Waals surface area contributed by atoms with E-state index in [9.17, 15) is 4.79 Å². The summed E-state index contributed by atoms with van der Waals surface area (Å²) in [5.41, 5.74) is 0. The van der Waals surface area contributed by atoms with Crippen LogP contribution in [0.1, 0.15) is 13.3 Å². The molecule has 0 aliphatic heterocycles. The zero-order valence-electron chi connectivity index (χ0n) is 5.69. The third-order valence-electron chi connectivity index (χ3n) is 0.509. The fourth-order valence-corrected chi connectivity index (χ4v) is 0.233. The van der Waals surface area contributed by atoms with Crippen LogP contribution in [0.2, 0.25) is 0 Å². The van der Waals surface area contributed by atoms with Crippen molar-refractivity contribution in [3.63, 3.8) is 0 Å². The molecule has 10 heavy (non-hydrogen) atoms. The van der Waals surface area contributed by atoms with Crippen LogP contribution in [0.3, 0.4) is 0 Å². The summed E-state index contributed by atoms with van der Waals surface area (Å²) in [6, 6.07) is 0. The molecule has 0 spiro atoms. The summed E-state index contributed by atoms with van der Waals surface area (Å²) in [6.45, 7) is 5.55. The van der Waals surface area contributed by atoms with Crippen LogP contribution in [0.25, 0.3) is 0 Å². The van der Waals surface area contributed by atoms with Crippen molar-refractivity contribution in [1.82, 2.24) is 0 Å². The summed E-state index contributed by atoms with van der Waals surface area (Å²) in [4.78, 5) is 10.1. The maximum absolute atomic E-state index is 10.1. The van der Waals surface area contributed by atoms with Crippen molar-refractivity contribution < 1.29 is 9.53 Å². The molecule has 5 heteroatoms. The fraction of sp³-hybridized carbons (Fsp3) is 0.600. The first-order valence-electron chi connectivity index (χ1n) is 2.64. The van der Waals surface area contributed by atoms with Crippen molar-refractivity contribution in [2.24, 2.45) is 0 Å². The molecule has 3 radical (unpaired) electrons. The van der Waals surface area contributed by atoms with E-state index in [1.807, 2.05) is 0 Å². The van der Waals surface area contributed by atoms with E-state index in [-0.39, 0.29) is 12.4 Å². The molecule has 0 aromatic heterocycles. The van der Waals surface area contributed by atoms with Crippen LogP contribution in [-0.2, 0) is 9.53 Å². The molecule has 59 valence electrons. The molecule has 2 nitrogen and oxygen atoms in total. The van der Waals surface area contributed by atoms with Gasteiger partial charge in [-0.3, -0.25) is 4.79 Å². The standard InChI is InChI=1S/C5H9O2.2ClH.Sn/c1-3-5(6)7-4-2;;;/h1,3-4H2,2H3;2*1H;/q;;;+2/p-2. The van der Waals surface area contributed by atoms with Gasteiger partial charge in [-0.25, -0.2) is 0 Å². The van der Waals surface area contributed by atoms with Gasteiger partial charge in [-0.1, -0.05) is 0 Å². The normalized spacial score (nSPS) is 7.60. The summed E-state index contributed by atoms with van der Waals surface area (Å²) in [5, 5.41) is 0. The van der Waals surface area contributed by atoms with Gasteiger partial charge < -0.3 is 4.74 Å². The first kappa shape index (κ1) is 13.4. The number of carbonyl (C=O) groups is 1. The molecule has 0 unspecified atom stereocenters. The van der Waals surface area contributed by atoms with Crippen LogP contribution in [0.5, 0.6) is 0 Å². The average Bonchev–Trinajstić information content (AvgIpc) is 1.90. The predicted molar refractivity (Wildman–Crippen MR) is 44.1 cm³/mol. The van der Waals surface area contributed by atoms with Crippen LogP contribution < -0.4 is 0 Å². The third-order valence-corrected chi connectivity index (χ3v) is 0.509. The Balaban J connectivity index is 0. The van der Waals surface area contributed by atoms with Crippen LogP contribution in [0.15, 0.2) is 0 Å². The van der Waals surface area contributed by atoms with E-state index in [4.69, 9.17) is 17.8 Å². The Morgan fingerprint density at radius 3 is 2.20 bits per heavy atom. The number of hydrogen-bond donors (Lipinski definition) is 0. The van der Waals surface area contributed by atoms with E-state index >= 15 is 0 Å². The molecule has 0 heterocycles. The summed E-state index contributed by atoms with van der Waals surface area (Å²) in [7, 11) is 9.87. The van der Waals surface area contributed by atoms with E-state index < -0.39 is 18.9 Å². The summed E-state index contributed by atoms with van der Waals surface area (Å²) in [5.74, 6) is -0.234. The monoisotopic (exact) mass is 291 g/mol. The molecule has 0 saturated heterocycles. The molecular weight excluding hydrogens is 282 g/mol. The van der Waals surface area contributed by atoms with E-state index in [0.29, 0.717) is 6.61 Å². The molecule has 0 aliphatic carbocycles. The zero-order chi connectivity index (χ0) is 8.41. The van der Waals surface area contributed by atoms with Crippen LogP contribution in [0.4, 0.5) is 0 Å². The molecule has 0 aromatic carbocycles. The minimum atomic E-state index is -0.826. The topological polar surface area (TPSA) is 26.3 Å². The van der Waals surface area contributed by atoms with Gasteiger partial charge in [-0.2, -0.15) is 0 Å². The van der Waals surface area contributed by atoms with Gasteiger partial charge in [0.1, 0.15) is 0 Å². The second-order valence-corrected chi connectivity index (χ2v) is 5.37. The van der Waals surface area contributed by atoms with Gasteiger partial charge in [0.2, 0.25) is 0 Å². The van der Waals surface area contributed by atoms with Gasteiger partial charge in [0.15, 0.2) is 0 Å². The summed E-state index contributed by atoms with van der Waals surface area (Å²) in [6.07, 6.45) is 0.230.